The summed E-state index contributed by atoms with van der Waals surface area (Å²) in [5, 5.41) is 4.86. The first-order valence-electron chi connectivity index (χ1n) is 6.74. The predicted octanol–water partition coefficient (Wildman–Crippen LogP) is 4.42. The zero-order chi connectivity index (χ0) is 16.1. The summed E-state index contributed by atoms with van der Waals surface area (Å²) >= 11 is 2.82. The van der Waals surface area contributed by atoms with Gasteiger partial charge in [-0.15, -0.1) is 11.3 Å². The first-order chi connectivity index (χ1) is 10.5. The minimum atomic E-state index is -0.916. The van der Waals surface area contributed by atoms with Gasteiger partial charge >= 0.3 is 0 Å². The molecular weight excluding hydrogens is 326 g/mol. The Morgan fingerprint density at radius 1 is 1.36 bits per heavy atom. The van der Waals surface area contributed by atoms with Gasteiger partial charge in [-0.2, -0.15) is 11.8 Å². The Labute approximate surface area is 136 Å². The third kappa shape index (κ3) is 4.78. The summed E-state index contributed by atoms with van der Waals surface area (Å²) in [7, 11) is 0. The lowest BCUT2D eigenvalue weighted by Gasteiger charge is -2.04. The van der Waals surface area contributed by atoms with Crippen molar-refractivity contribution < 1.29 is 13.6 Å². The molecule has 3 nitrogen and oxygen atoms in total. The maximum atomic E-state index is 13.2. The second-order valence-corrected chi connectivity index (χ2v) is 7.01. The van der Waals surface area contributed by atoms with Crippen molar-refractivity contribution >= 4 is 34.1 Å². The summed E-state index contributed by atoms with van der Waals surface area (Å²) in [5.41, 5.74) is 0.985. The average molecular weight is 342 g/mol. The number of nitrogens with zero attached hydrogens (tertiary/aromatic N) is 1. The maximum absolute atomic E-state index is 13.2. The van der Waals surface area contributed by atoms with Crippen molar-refractivity contribution in [1.82, 2.24) is 4.98 Å². The standard InChI is InChI=1S/C15H16F2N2OS2/c1-9(2)6-21-8-14(20)19-15-18-13(7-22-15)10-3-4-11(16)12(17)5-10/h3-5,7,9H,6,8H2,1-2H3,(H,18,19,20). The number of hydrogen-bond donors (Lipinski definition) is 1. The molecule has 0 atom stereocenters. The van der Waals surface area contributed by atoms with Crippen LogP contribution in [-0.4, -0.2) is 22.4 Å². The predicted molar refractivity (Wildman–Crippen MR) is 88.3 cm³/mol. The second kappa shape index (κ2) is 7.69. The monoisotopic (exact) mass is 342 g/mol. The number of anilines is 1. The number of benzene rings is 1. The Bertz CT molecular complexity index is 659. The van der Waals surface area contributed by atoms with Gasteiger partial charge in [0, 0.05) is 10.9 Å². The lowest BCUT2D eigenvalue weighted by atomic mass is 10.2. The fraction of sp³-hybridized carbons (Fsp3) is 0.333. The Hall–Kier alpha value is -1.47. The van der Waals surface area contributed by atoms with E-state index in [1.165, 1.54) is 17.4 Å². The molecule has 1 amide bonds. The Morgan fingerprint density at radius 3 is 2.82 bits per heavy atom. The van der Waals surface area contributed by atoms with Crippen molar-refractivity contribution in [3.8, 4) is 11.3 Å². The zero-order valence-corrected chi connectivity index (χ0v) is 13.9. The molecule has 0 radical (unpaired) electrons. The van der Waals surface area contributed by atoms with E-state index in [1.807, 2.05) is 0 Å². The fourth-order valence-corrected chi connectivity index (χ4v) is 3.24. The minimum absolute atomic E-state index is 0.114. The van der Waals surface area contributed by atoms with Crippen LogP contribution in [-0.2, 0) is 4.79 Å². The Morgan fingerprint density at radius 2 is 2.14 bits per heavy atom. The highest BCUT2D eigenvalue weighted by atomic mass is 32.2. The summed E-state index contributed by atoms with van der Waals surface area (Å²) in [5.74, 6) is -0.0887. The number of thiazole rings is 1. The summed E-state index contributed by atoms with van der Waals surface area (Å²) in [6.45, 7) is 4.19. The summed E-state index contributed by atoms with van der Waals surface area (Å²) in [4.78, 5) is 16.0. The number of carbonyl (C=O) groups excluding carboxylic acids is 1. The number of amides is 1. The number of rotatable bonds is 6. The lowest BCUT2D eigenvalue weighted by Crippen LogP contribution is -2.14. The molecule has 1 N–H and O–H groups in total. The molecule has 0 aliphatic heterocycles. The topological polar surface area (TPSA) is 42.0 Å². The first kappa shape index (κ1) is 16.9. The number of nitrogens with one attached hydrogen (secondary N) is 1. The smallest absolute Gasteiger partial charge is 0.236 e. The van der Waals surface area contributed by atoms with E-state index in [9.17, 15) is 13.6 Å². The third-order valence-electron chi connectivity index (χ3n) is 2.65. The van der Waals surface area contributed by atoms with Crippen LogP contribution in [0.3, 0.4) is 0 Å². The zero-order valence-electron chi connectivity index (χ0n) is 12.2. The van der Waals surface area contributed by atoms with Crippen LogP contribution in [0.4, 0.5) is 13.9 Å². The number of thioether (sulfide) groups is 1. The van der Waals surface area contributed by atoms with Crippen LogP contribution < -0.4 is 5.32 Å². The van der Waals surface area contributed by atoms with Gasteiger partial charge in [-0.25, -0.2) is 13.8 Å². The largest absolute Gasteiger partial charge is 0.301 e. The van der Waals surface area contributed by atoms with E-state index in [1.54, 1.807) is 17.1 Å². The van der Waals surface area contributed by atoms with Gasteiger partial charge in [-0.05, 0) is 29.9 Å². The maximum Gasteiger partial charge on any atom is 0.236 e. The fourth-order valence-electron chi connectivity index (χ4n) is 1.66. The van der Waals surface area contributed by atoms with Gasteiger partial charge in [0.1, 0.15) is 0 Å². The molecule has 1 heterocycles. The molecule has 1 aromatic heterocycles. The van der Waals surface area contributed by atoms with Crippen LogP contribution in [0, 0.1) is 17.6 Å². The van der Waals surface area contributed by atoms with E-state index in [0.29, 0.717) is 28.1 Å². The molecule has 0 fully saturated rings. The van der Waals surface area contributed by atoms with E-state index < -0.39 is 11.6 Å². The van der Waals surface area contributed by atoms with Crippen molar-refractivity contribution in [2.45, 2.75) is 13.8 Å². The van der Waals surface area contributed by atoms with Crippen molar-refractivity contribution in [2.75, 3.05) is 16.8 Å². The molecule has 7 heteroatoms. The highest BCUT2D eigenvalue weighted by Crippen LogP contribution is 2.26. The molecule has 0 spiro atoms. The molecule has 0 aliphatic carbocycles. The van der Waals surface area contributed by atoms with Gasteiger partial charge in [-0.3, -0.25) is 4.79 Å². The van der Waals surface area contributed by atoms with Gasteiger partial charge < -0.3 is 5.32 Å². The molecule has 0 unspecified atom stereocenters. The van der Waals surface area contributed by atoms with Gasteiger partial charge in [-0.1, -0.05) is 13.8 Å². The Balaban J connectivity index is 1.96. The van der Waals surface area contributed by atoms with Crippen molar-refractivity contribution in [2.24, 2.45) is 5.92 Å². The molecule has 0 saturated carbocycles. The molecule has 22 heavy (non-hydrogen) atoms. The van der Waals surface area contributed by atoms with Crippen LogP contribution in [0.25, 0.3) is 11.3 Å². The molecule has 2 rings (SSSR count). The molecule has 118 valence electrons. The van der Waals surface area contributed by atoms with Crippen LogP contribution in [0.5, 0.6) is 0 Å². The molecule has 0 saturated heterocycles. The number of halogens is 2. The van der Waals surface area contributed by atoms with Crippen molar-refractivity contribution in [3.05, 3.63) is 35.2 Å². The van der Waals surface area contributed by atoms with E-state index in [2.05, 4.69) is 24.1 Å². The molecule has 2 aromatic rings. The van der Waals surface area contributed by atoms with E-state index >= 15 is 0 Å². The normalized spacial score (nSPS) is 11.0. The van der Waals surface area contributed by atoms with E-state index in [4.69, 9.17) is 0 Å². The van der Waals surface area contributed by atoms with Gasteiger partial charge in [0.2, 0.25) is 5.91 Å². The molecular formula is C15H16F2N2OS2. The van der Waals surface area contributed by atoms with Crippen molar-refractivity contribution in [1.29, 1.82) is 0 Å². The van der Waals surface area contributed by atoms with Crippen LogP contribution in [0.2, 0.25) is 0 Å². The molecule has 1 aromatic carbocycles. The summed E-state index contributed by atoms with van der Waals surface area (Å²) < 4.78 is 26.1. The Kier molecular flexibility index (Phi) is 5.90. The minimum Gasteiger partial charge on any atom is -0.301 e. The van der Waals surface area contributed by atoms with Gasteiger partial charge in [0.05, 0.1) is 11.4 Å². The summed E-state index contributed by atoms with van der Waals surface area (Å²) in [6, 6.07) is 3.61. The van der Waals surface area contributed by atoms with Crippen molar-refractivity contribution in [3.63, 3.8) is 0 Å². The second-order valence-electron chi connectivity index (χ2n) is 5.12. The van der Waals surface area contributed by atoms with Crippen LogP contribution in [0.15, 0.2) is 23.6 Å². The quantitative estimate of drug-likeness (QED) is 0.845. The molecule has 0 aliphatic rings. The van der Waals surface area contributed by atoms with E-state index in [-0.39, 0.29) is 5.91 Å². The van der Waals surface area contributed by atoms with Gasteiger partial charge in [0.15, 0.2) is 16.8 Å². The number of carbonyl (C=O) groups is 1. The summed E-state index contributed by atoms with van der Waals surface area (Å²) in [6.07, 6.45) is 0. The van der Waals surface area contributed by atoms with E-state index in [0.717, 1.165) is 17.9 Å². The van der Waals surface area contributed by atoms with Crippen LogP contribution >= 0.6 is 23.1 Å². The average Bonchev–Trinajstić information content (AvgIpc) is 2.90. The number of hydrogen-bond acceptors (Lipinski definition) is 4. The van der Waals surface area contributed by atoms with Crippen LogP contribution in [0.1, 0.15) is 13.8 Å². The lowest BCUT2D eigenvalue weighted by molar-refractivity contribution is -0.113. The third-order valence-corrected chi connectivity index (χ3v) is 4.78. The number of aromatic nitrogens is 1. The highest BCUT2D eigenvalue weighted by Gasteiger charge is 2.10. The van der Waals surface area contributed by atoms with Gasteiger partial charge in [0.25, 0.3) is 0 Å². The highest BCUT2D eigenvalue weighted by molar-refractivity contribution is 7.99. The first-order valence-corrected chi connectivity index (χ1v) is 8.77. The SMILES string of the molecule is CC(C)CSCC(=O)Nc1nc(-c2ccc(F)c(F)c2)cs1. The molecule has 0 bridgehead atoms.